The Balaban J connectivity index is 1.85. The van der Waals surface area contributed by atoms with Crippen LogP contribution < -0.4 is 5.73 Å². The van der Waals surface area contributed by atoms with Gasteiger partial charge in [0.15, 0.2) is 5.79 Å². The Kier molecular flexibility index (Phi) is 3.30. The van der Waals surface area contributed by atoms with Crippen LogP contribution in [0.1, 0.15) is 12.8 Å². The Morgan fingerprint density at radius 1 is 1.37 bits per heavy atom. The van der Waals surface area contributed by atoms with Crippen molar-refractivity contribution in [2.45, 2.75) is 22.8 Å². The Morgan fingerprint density at radius 3 is 2.74 bits per heavy atom. The number of hydrogen-bond acceptors (Lipinski definition) is 6. The van der Waals surface area contributed by atoms with Crippen LogP contribution in [0.4, 0.5) is 5.69 Å². The molecule has 0 aliphatic carbocycles. The molecule has 2 aliphatic rings. The molecule has 3 rings (SSSR count). The number of rotatable bonds is 2. The van der Waals surface area contributed by atoms with Gasteiger partial charge in [-0.25, -0.2) is 8.42 Å². The third-order valence-corrected chi connectivity index (χ3v) is 6.66. The van der Waals surface area contributed by atoms with Crippen LogP contribution in [-0.4, -0.2) is 44.8 Å². The lowest BCUT2D eigenvalue weighted by molar-refractivity contribution is -0.179. The van der Waals surface area contributed by atoms with Gasteiger partial charge in [-0.1, -0.05) is 0 Å². The third kappa shape index (κ3) is 2.38. The van der Waals surface area contributed by atoms with Crippen LogP contribution in [0.15, 0.2) is 15.7 Å². The number of thiophene rings is 1. The Bertz CT molecular complexity index is 563. The van der Waals surface area contributed by atoms with E-state index in [9.17, 15) is 8.42 Å². The first kappa shape index (κ1) is 13.3. The summed E-state index contributed by atoms with van der Waals surface area (Å²) in [6.07, 6.45) is 1.48. The SMILES string of the molecule is Nc1csc(S(=O)(=O)N2CCCC3(C2)OCCO3)c1. The summed E-state index contributed by atoms with van der Waals surface area (Å²) in [5, 5.41) is 1.63. The van der Waals surface area contributed by atoms with E-state index in [2.05, 4.69) is 0 Å². The van der Waals surface area contributed by atoms with Gasteiger partial charge in [-0.3, -0.25) is 0 Å². The van der Waals surface area contributed by atoms with Crippen molar-refractivity contribution in [1.82, 2.24) is 4.31 Å². The number of nitrogens with zero attached hydrogens (tertiary/aromatic N) is 1. The van der Waals surface area contributed by atoms with Crippen molar-refractivity contribution in [2.24, 2.45) is 0 Å². The molecule has 0 radical (unpaired) electrons. The molecule has 6 nitrogen and oxygen atoms in total. The second-order valence-electron chi connectivity index (χ2n) is 4.75. The average Bonchev–Trinajstić information content (AvgIpc) is 3.00. The zero-order valence-corrected chi connectivity index (χ0v) is 12.0. The molecule has 3 heterocycles. The minimum Gasteiger partial charge on any atom is -0.398 e. The molecule has 2 fully saturated rings. The Morgan fingerprint density at radius 2 is 2.11 bits per heavy atom. The summed E-state index contributed by atoms with van der Waals surface area (Å²) in [6, 6.07) is 1.50. The molecule has 0 atom stereocenters. The quantitative estimate of drug-likeness (QED) is 0.876. The highest BCUT2D eigenvalue weighted by Gasteiger charge is 2.44. The predicted octanol–water partition coefficient (Wildman–Crippen LogP) is 0.858. The number of nitrogens with two attached hydrogens (primary N) is 1. The standard InChI is InChI=1S/C11H16N2O4S2/c12-9-6-10(18-7-9)19(14,15)13-3-1-2-11(8-13)16-4-5-17-11/h6-7H,1-5,8,12H2. The molecule has 1 aromatic rings. The van der Waals surface area contributed by atoms with E-state index in [1.165, 1.54) is 10.4 Å². The van der Waals surface area contributed by atoms with Gasteiger partial charge in [0.25, 0.3) is 10.0 Å². The Labute approximate surface area is 116 Å². The number of sulfonamides is 1. The van der Waals surface area contributed by atoms with Crippen LogP contribution in [0.25, 0.3) is 0 Å². The van der Waals surface area contributed by atoms with Crippen LogP contribution in [0.2, 0.25) is 0 Å². The molecule has 1 spiro atoms. The van der Waals surface area contributed by atoms with Crippen LogP contribution in [0, 0.1) is 0 Å². The van der Waals surface area contributed by atoms with Gasteiger partial charge in [-0.05, 0) is 12.5 Å². The maximum atomic E-state index is 12.5. The Hall–Kier alpha value is -0.670. The smallest absolute Gasteiger partial charge is 0.252 e. The molecule has 2 N–H and O–H groups in total. The first-order valence-electron chi connectivity index (χ1n) is 6.14. The van der Waals surface area contributed by atoms with E-state index in [-0.39, 0.29) is 10.8 Å². The highest BCUT2D eigenvalue weighted by Crippen LogP contribution is 2.34. The highest BCUT2D eigenvalue weighted by molar-refractivity contribution is 7.91. The predicted molar refractivity (Wildman–Crippen MR) is 71.4 cm³/mol. The summed E-state index contributed by atoms with van der Waals surface area (Å²) in [4.78, 5) is 0. The fourth-order valence-corrected chi connectivity index (χ4v) is 5.23. The van der Waals surface area contributed by atoms with Gasteiger partial charge in [-0.15, -0.1) is 11.3 Å². The average molecular weight is 304 g/mol. The van der Waals surface area contributed by atoms with Crippen LogP contribution in [0.3, 0.4) is 0 Å². The van der Waals surface area contributed by atoms with Gasteiger partial charge < -0.3 is 15.2 Å². The van der Waals surface area contributed by atoms with E-state index < -0.39 is 15.8 Å². The number of ether oxygens (including phenoxy) is 2. The van der Waals surface area contributed by atoms with Crippen molar-refractivity contribution in [2.75, 3.05) is 32.0 Å². The van der Waals surface area contributed by atoms with Gasteiger partial charge in [0.2, 0.25) is 0 Å². The molecule has 1 aromatic heterocycles. The van der Waals surface area contributed by atoms with E-state index in [1.807, 2.05) is 0 Å². The minimum absolute atomic E-state index is 0.257. The lowest BCUT2D eigenvalue weighted by Gasteiger charge is -2.37. The summed E-state index contributed by atoms with van der Waals surface area (Å²) >= 11 is 1.14. The zero-order chi connectivity index (χ0) is 13.5. The van der Waals surface area contributed by atoms with E-state index >= 15 is 0 Å². The maximum absolute atomic E-state index is 12.5. The molecule has 106 valence electrons. The molecule has 8 heteroatoms. The summed E-state index contributed by atoms with van der Waals surface area (Å²) in [5.74, 6) is -0.742. The van der Waals surface area contributed by atoms with Gasteiger partial charge in [0.05, 0.1) is 19.8 Å². The van der Waals surface area contributed by atoms with Crippen molar-refractivity contribution in [3.63, 3.8) is 0 Å². The number of piperidine rings is 1. The van der Waals surface area contributed by atoms with E-state index in [0.29, 0.717) is 25.4 Å². The minimum atomic E-state index is -3.49. The van der Waals surface area contributed by atoms with Crippen molar-refractivity contribution in [1.29, 1.82) is 0 Å². The van der Waals surface area contributed by atoms with Crippen molar-refractivity contribution < 1.29 is 17.9 Å². The van der Waals surface area contributed by atoms with Gasteiger partial charge in [0.1, 0.15) is 4.21 Å². The topological polar surface area (TPSA) is 81.9 Å². The number of hydrogen-bond donors (Lipinski definition) is 1. The molecule has 0 unspecified atom stereocenters. The van der Waals surface area contributed by atoms with Crippen LogP contribution >= 0.6 is 11.3 Å². The largest absolute Gasteiger partial charge is 0.398 e. The van der Waals surface area contributed by atoms with Crippen molar-refractivity contribution in [3.8, 4) is 0 Å². The van der Waals surface area contributed by atoms with E-state index in [1.54, 1.807) is 5.38 Å². The monoisotopic (exact) mass is 304 g/mol. The molecule has 0 aromatic carbocycles. The van der Waals surface area contributed by atoms with E-state index in [0.717, 1.165) is 24.2 Å². The van der Waals surface area contributed by atoms with E-state index in [4.69, 9.17) is 15.2 Å². The van der Waals surface area contributed by atoms with Crippen molar-refractivity contribution >= 4 is 27.0 Å². The summed E-state index contributed by atoms with van der Waals surface area (Å²) < 4.78 is 37.9. The fraction of sp³-hybridized carbons (Fsp3) is 0.636. The van der Waals surface area contributed by atoms with Crippen LogP contribution in [0.5, 0.6) is 0 Å². The second kappa shape index (κ2) is 4.71. The fourth-order valence-electron chi connectivity index (χ4n) is 2.48. The normalized spacial score (nSPS) is 24.0. The lowest BCUT2D eigenvalue weighted by Crippen LogP contribution is -2.50. The second-order valence-corrected chi connectivity index (χ2v) is 7.82. The van der Waals surface area contributed by atoms with Gasteiger partial charge in [-0.2, -0.15) is 4.31 Å². The number of anilines is 1. The lowest BCUT2D eigenvalue weighted by atomic mass is 10.1. The summed E-state index contributed by atoms with van der Waals surface area (Å²) in [7, 11) is -3.49. The van der Waals surface area contributed by atoms with Crippen LogP contribution in [-0.2, 0) is 19.5 Å². The molecule has 2 saturated heterocycles. The summed E-state index contributed by atoms with van der Waals surface area (Å²) in [6.45, 7) is 1.81. The molecule has 2 aliphatic heterocycles. The molecular weight excluding hydrogens is 288 g/mol. The van der Waals surface area contributed by atoms with Gasteiger partial charge in [0, 0.05) is 24.0 Å². The van der Waals surface area contributed by atoms with Gasteiger partial charge >= 0.3 is 0 Å². The first-order chi connectivity index (χ1) is 9.02. The molecule has 0 amide bonds. The molecule has 0 saturated carbocycles. The van der Waals surface area contributed by atoms with Crippen molar-refractivity contribution in [3.05, 3.63) is 11.4 Å². The highest BCUT2D eigenvalue weighted by atomic mass is 32.2. The molecular formula is C11H16N2O4S2. The summed E-state index contributed by atoms with van der Waals surface area (Å²) in [5.41, 5.74) is 6.07. The molecule has 0 bridgehead atoms. The maximum Gasteiger partial charge on any atom is 0.252 e. The first-order valence-corrected chi connectivity index (χ1v) is 8.46. The third-order valence-electron chi connectivity index (χ3n) is 3.39. The zero-order valence-electron chi connectivity index (χ0n) is 10.4. The molecule has 19 heavy (non-hydrogen) atoms. The number of nitrogen functional groups attached to an aromatic ring is 1.